The molecule has 1 atom stereocenters. The van der Waals surface area contributed by atoms with E-state index in [1.165, 1.54) is 17.4 Å². The summed E-state index contributed by atoms with van der Waals surface area (Å²) in [4.78, 5) is 0.921. The van der Waals surface area contributed by atoms with Gasteiger partial charge in [0.25, 0.3) is 0 Å². The molecule has 6 heteroatoms. The molecular formula is C13H11Br2F2NS. The number of hydrogen-bond acceptors (Lipinski definition) is 2. The van der Waals surface area contributed by atoms with Gasteiger partial charge in [0, 0.05) is 14.9 Å². The van der Waals surface area contributed by atoms with Gasteiger partial charge in [0.2, 0.25) is 0 Å². The van der Waals surface area contributed by atoms with Crippen LogP contribution in [-0.2, 0) is 0 Å². The predicted octanol–water partition coefficient (Wildman–Crippen LogP) is 5.25. The van der Waals surface area contributed by atoms with Crippen molar-refractivity contribution in [3.63, 3.8) is 0 Å². The van der Waals surface area contributed by atoms with Gasteiger partial charge in [-0.1, -0.05) is 6.92 Å². The maximum absolute atomic E-state index is 13.9. The number of thiophene rings is 1. The first-order valence-corrected chi connectivity index (χ1v) is 8.06. The van der Waals surface area contributed by atoms with Crippen LogP contribution >= 0.6 is 43.2 Å². The van der Waals surface area contributed by atoms with E-state index in [1.807, 2.05) is 13.0 Å². The molecule has 0 spiro atoms. The van der Waals surface area contributed by atoms with Crippen LogP contribution in [0.5, 0.6) is 0 Å². The molecule has 0 radical (unpaired) electrons. The molecule has 1 N–H and O–H groups in total. The minimum Gasteiger partial charge on any atom is -0.306 e. The van der Waals surface area contributed by atoms with Gasteiger partial charge in [-0.15, -0.1) is 11.3 Å². The normalized spacial score (nSPS) is 12.7. The van der Waals surface area contributed by atoms with Crippen molar-refractivity contribution in [2.45, 2.75) is 13.0 Å². The monoisotopic (exact) mass is 409 g/mol. The third-order valence-corrected chi connectivity index (χ3v) is 5.95. The molecule has 1 aromatic heterocycles. The van der Waals surface area contributed by atoms with E-state index >= 15 is 0 Å². The van der Waals surface area contributed by atoms with Crippen molar-refractivity contribution < 1.29 is 8.78 Å². The van der Waals surface area contributed by atoms with Crippen molar-refractivity contribution >= 4 is 43.2 Å². The fourth-order valence-corrected chi connectivity index (χ4v) is 3.99. The molecule has 102 valence electrons. The molecule has 1 heterocycles. The SMILES string of the molecule is CCNC(c1cc(Br)c(Br)s1)c1cc(F)ccc1F. The highest BCUT2D eigenvalue weighted by Gasteiger charge is 2.20. The largest absolute Gasteiger partial charge is 0.306 e. The second-order valence-electron chi connectivity index (χ2n) is 3.93. The summed E-state index contributed by atoms with van der Waals surface area (Å²) in [6.07, 6.45) is 0. The summed E-state index contributed by atoms with van der Waals surface area (Å²) < 4.78 is 29.1. The Morgan fingerprint density at radius 2 is 2.00 bits per heavy atom. The number of halogens is 4. The molecule has 0 aliphatic heterocycles. The summed E-state index contributed by atoms with van der Waals surface area (Å²) in [5.41, 5.74) is 0.322. The predicted molar refractivity (Wildman–Crippen MR) is 81.6 cm³/mol. The Morgan fingerprint density at radius 1 is 1.26 bits per heavy atom. The lowest BCUT2D eigenvalue weighted by Crippen LogP contribution is -2.22. The summed E-state index contributed by atoms with van der Waals surface area (Å²) in [6.45, 7) is 2.59. The molecule has 19 heavy (non-hydrogen) atoms. The van der Waals surface area contributed by atoms with E-state index in [4.69, 9.17) is 0 Å². The third kappa shape index (κ3) is 3.42. The van der Waals surface area contributed by atoms with Gasteiger partial charge in [0.1, 0.15) is 11.6 Å². The highest BCUT2D eigenvalue weighted by Crippen LogP contribution is 2.38. The second kappa shape index (κ2) is 6.43. The molecular weight excluding hydrogens is 400 g/mol. The molecule has 0 amide bonds. The van der Waals surface area contributed by atoms with Crippen molar-refractivity contribution in [1.29, 1.82) is 0 Å². The lowest BCUT2D eigenvalue weighted by atomic mass is 10.0. The molecule has 0 bridgehead atoms. The van der Waals surface area contributed by atoms with E-state index in [0.29, 0.717) is 12.1 Å². The number of hydrogen-bond donors (Lipinski definition) is 1. The Balaban J connectivity index is 2.47. The Hall–Kier alpha value is -0.300. The summed E-state index contributed by atoms with van der Waals surface area (Å²) in [7, 11) is 0. The Labute approximate surface area is 131 Å². The van der Waals surface area contributed by atoms with Gasteiger partial charge < -0.3 is 5.32 Å². The molecule has 0 aliphatic carbocycles. The van der Waals surface area contributed by atoms with Gasteiger partial charge in [-0.05, 0) is 62.7 Å². The molecule has 1 nitrogen and oxygen atoms in total. The van der Waals surface area contributed by atoms with Crippen LogP contribution in [0.15, 0.2) is 32.5 Å². The first-order chi connectivity index (χ1) is 9.02. The van der Waals surface area contributed by atoms with Gasteiger partial charge in [-0.3, -0.25) is 0 Å². The molecule has 2 aromatic rings. The van der Waals surface area contributed by atoms with Crippen molar-refractivity contribution in [3.8, 4) is 0 Å². The minimum atomic E-state index is -0.436. The van der Waals surface area contributed by atoms with E-state index in [9.17, 15) is 8.78 Å². The van der Waals surface area contributed by atoms with Crippen LogP contribution in [0.3, 0.4) is 0 Å². The number of rotatable bonds is 4. The molecule has 1 unspecified atom stereocenters. The van der Waals surface area contributed by atoms with Gasteiger partial charge in [-0.2, -0.15) is 0 Å². The van der Waals surface area contributed by atoms with Crippen LogP contribution in [-0.4, -0.2) is 6.54 Å². The summed E-state index contributed by atoms with van der Waals surface area (Å²) in [6, 6.07) is 5.08. The topological polar surface area (TPSA) is 12.0 Å². The first-order valence-electron chi connectivity index (χ1n) is 5.66. The van der Waals surface area contributed by atoms with E-state index in [0.717, 1.165) is 25.3 Å². The second-order valence-corrected chi connectivity index (χ2v) is 7.18. The van der Waals surface area contributed by atoms with E-state index in [1.54, 1.807) is 0 Å². The zero-order chi connectivity index (χ0) is 14.0. The average Bonchev–Trinajstić information content (AvgIpc) is 2.70. The number of nitrogens with one attached hydrogen (secondary N) is 1. The Morgan fingerprint density at radius 3 is 2.58 bits per heavy atom. The molecule has 0 saturated heterocycles. The van der Waals surface area contributed by atoms with Crippen molar-refractivity contribution in [2.24, 2.45) is 0 Å². The van der Waals surface area contributed by atoms with Gasteiger partial charge in [-0.25, -0.2) is 8.78 Å². The number of benzene rings is 1. The van der Waals surface area contributed by atoms with Crippen LogP contribution in [0.2, 0.25) is 0 Å². The van der Waals surface area contributed by atoms with Gasteiger partial charge in [0.05, 0.1) is 9.83 Å². The fraction of sp³-hybridized carbons (Fsp3) is 0.231. The molecule has 0 fully saturated rings. The van der Waals surface area contributed by atoms with Crippen molar-refractivity contribution in [2.75, 3.05) is 6.54 Å². The standard InChI is InChI=1S/C13H11Br2F2NS/c1-2-18-12(11-6-9(14)13(15)19-11)8-5-7(16)3-4-10(8)17/h3-6,12,18H,2H2,1H3. The summed E-state index contributed by atoms with van der Waals surface area (Å²) in [5, 5.41) is 3.19. The Kier molecular flexibility index (Phi) is 5.11. The van der Waals surface area contributed by atoms with Gasteiger partial charge in [0.15, 0.2) is 0 Å². The molecule has 0 aliphatic rings. The minimum absolute atomic E-state index is 0.322. The highest BCUT2D eigenvalue weighted by molar-refractivity contribution is 9.13. The highest BCUT2D eigenvalue weighted by atomic mass is 79.9. The smallest absolute Gasteiger partial charge is 0.128 e. The van der Waals surface area contributed by atoms with Crippen molar-refractivity contribution in [3.05, 3.63) is 54.6 Å². The quantitative estimate of drug-likeness (QED) is 0.725. The van der Waals surface area contributed by atoms with Gasteiger partial charge >= 0.3 is 0 Å². The zero-order valence-corrected chi connectivity index (χ0v) is 14.0. The van der Waals surface area contributed by atoms with Crippen molar-refractivity contribution in [1.82, 2.24) is 5.32 Å². The zero-order valence-electron chi connectivity index (χ0n) is 10.0. The van der Waals surface area contributed by atoms with Crippen LogP contribution in [0.25, 0.3) is 0 Å². The fourth-order valence-electron chi connectivity index (χ4n) is 1.81. The maximum atomic E-state index is 13.9. The van der Waals surface area contributed by atoms with Crippen LogP contribution in [0.4, 0.5) is 8.78 Å². The molecule has 2 rings (SSSR count). The molecule has 1 aromatic carbocycles. The van der Waals surface area contributed by atoms with Crippen LogP contribution < -0.4 is 5.32 Å². The van der Waals surface area contributed by atoms with Crippen LogP contribution in [0.1, 0.15) is 23.4 Å². The molecule has 0 saturated carbocycles. The Bertz CT molecular complexity index is 567. The maximum Gasteiger partial charge on any atom is 0.128 e. The third-order valence-electron chi connectivity index (χ3n) is 2.63. The lowest BCUT2D eigenvalue weighted by Gasteiger charge is -2.17. The van der Waals surface area contributed by atoms with E-state index in [-0.39, 0.29) is 6.04 Å². The van der Waals surface area contributed by atoms with E-state index in [2.05, 4.69) is 37.2 Å². The summed E-state index contributed by atoms with van der Waals surface area (Å²) in [5.74, 6) is -0.845. The average molecular weight is 411 g/mol. The van der Waals surface area contributed by atoms with E-state index < -0.39 is 11.6 Å². The van der Waals surface area contributed by atoms with Crippen LogP contribution in [0, 0.1) is 11.6 Å². The summed E-state index contributed by atoms with van der Waals surface area (Å²) >= 11 is 8.32. The first kappa shape index (κ1) is 15.1. The lowest BCUT2D eigenvalue weighted by molar-refractivity contribution is 0.548.